The van der Waals surface area contributed by atoms with Crippen molar-refractivity contribution in [2.45, 2.75) is 33.1 Å². The molecule has 0 amide bonds. The molecule has 0 aliphatic carbocycles. The fourth-order valence-corrected chi connectivity index (χ4v) is 7.54. The first kappa shape index (κ1) is 37.2. The van der Waals surface area contributed by atoms with Gasteiger partial charge in [-0.05, 0) is 71.3 Å². The van der Waals surface area contributed by atoms with Crippen molar-refractivity contribution in [2.24, 2.45) is 0 Å². The molecule has 0 unspecified atom stereocenters. The van der Waals surface area contributed by atoms with Crippen molar-refractivity contribution < 1.29 is 21.1 Å². The fraction of sp³-hybridized carbons (Fsp3) is 0.100. The van der Waals surface area contributed by atoms with Crippen molar-refractivity contribution >= 4 is 44.6 Å². The number of anilines is 4. The van der Waals surface area contributed by atoms with Gasteiger partial charge in [0, 0.05) is 55.4 Å². The van der Waals surface area contributed by atoms with E-state index in [9.17, 15) is 0 Å². The van der Waals surface area contributed by atoms with E-state index >= 15 is 0 Å². The Labute approximate surface area is 353 Å². The first-order chi connectivity index (χ1) is 27.8. The number of aromatic nitrogens is 5. The van der Waals surface area contributed by atoms with Crippen LogP contribution < -0.4 is 9.80 Å². The van der Waals surface area contributed by atoms with E-state index in [0.29, 0.717) is 17.5 Å². The predicted molar refractivity (Wildman–Crippen MR) is 231 cm³/mol. The summed E-state index contributed by atoms with van der Waals surface area (Å²) in [4.78, 5) is 24.5. The van der Waals surface area contributed by atoms with Crippen LogP contribution in [0.15, 0.2) is 152 Å². The Balaban J connectivity index is 0.00000436. The molecule has 7 nitrogen and oxygen atoms in total. The molecule has 0 spiro atoms. The van der Waals surface area contributed by atoms with Gasteiger partial charge in [0.05, 0.1) is 11.6 Å². The second-order valence-corrected chi connectivity index (χ2v) is 15.4. The molecule has 0 atom stereocenters. The molecule has 1 aliphatic rings. The SMILES string of the molecule is Cc1ccc(N2[CH-]N(c3[c-]c(-c4nc(-c5[c-]c6c(cc5)c5ccccc5n6-c5cc(C(C)(C)C)ccn5)nc(-c5ccccc5)n4)ccc3)c3ccccc32)cc1.[Pt]. The molecular weight excluding hydrogens is 894 g/mol. The topological polar surface area (TPSA) is 63.0 Å². The van der Waals surface area contributed by atoms with Crippen LogP contribution in [0.4, 0.5) is 22.7 Å². The summed E-state index contributed by atoms with van der Waals surface area (Å²) in [6.07, 6.45) is 1.90. The standard InChI is InChI=1S/C50H38N7.Pt/c1-33-21-24-38(25-22-33)55-32-56(44-20-11-10-19-43(44)55)39-16-12-15-35(29-39)48-52-47(34-13-6-5-7-14-34)53-49(54-48)36-23-26-41-40-17-8-9-18-42(40)57(45(41)30-36)46-31-37(27-28-51-46)50(2,3)4;/h5-28,31-32H,1-4H3;/q-3;. The van der Waals surface area contributed by atoms with Gasteiger partial charge >= 0.3 is 0 Å². The zero-order valence-corrected chi connectivity index (χ0v) is 34.7. The van der Waals surface area contributed by atoms with Gasteiger partial charge in [0.25, 0.3) is 0 Å². The Kier molecular flexibility index (Phi) is 9.49. The van der Waals surface area contributed by atoms with Gasteiger partial charge in [0.2, 0.25) is 0 Å². The third-order valence-corrected chi connectivity index (χ3v) is 10.6. The van der Waals surface area contributed by atoms with E-state index in [1.54, 1.807) is 0 Å². The summed E-state index contributed by atoms with van der Waals surface area (Å²) < 4.78 is 2.20. The smallest absolute Gasteiger partial charge is 0.144 e. The number of benzene rings is 6. The Bertz CT molecular complexity index is 2950. The first-order valence-corrected chi connectivity index (χ1v) is 19.1. The molecule has 10 rings (SSSR count). The number of rotatable bonds is 6. The number of pyridine rings is 1. The van der Waals surface area contributed by atoms with Crippen LogP contribution >= 0.6 is 0 Å². The van der Waals surface area contributed by atoms with Crippen molar-refractivity contribution in [1.29, 1.82) is 0 Å². The summed E-state index contributed by atoms with van der Waals surface area (Å²) in [7, 11) is 0. The average Bonchev–Trinajstić information content (AvgIpc) is 3.80. The van der Waals surface area contributed by atoms with Crippen molar-refractivity contribution in [3.8, 4) is 40.0 Å². The molecule has 1 aliphatic heterocycles. The number of aryl methyl sites for hydroxylation is 1. The van der Waals surface area contributed by atoms with E-state index in [0.717, 1.165) is 67.1 Å². The Morgan fingerprint density at radius 2 is 1.26 bits per heavy atom. The van der Waals surface area contributed by atoms with E-state index in [2.05, 4.69) is 164 Å². The van der Waals surface area contributed by atoms with Crippen molar-refractivity contribution in [3.63, 3.8) is 0 Å². The molecule has 0 N–H and O–H groups in total. The molecule has 286 valence electrons. The Hall–Kier alpha value is -6.43. The largest absolute Gasteiger partial charge is 0.488 e. The molecule has 0 saturated carbocycles. The summed E-state index contributed by atoms with van der Waals surface area (Å²) in [6.45, 7) is 10.9. The maximum Gasteiger partial charge on any atom is 0.144 e. The zero-order valence-electron chi connectivity index (χ0n) is 32.5. The second-order valence-electron chi connectivity index (χ2n) is 15.4. The van der Waals surface area contributed by atoms with Gasteiger partial charge in [-0.1, -0.05) is 110 Å². The Morgan fingerprint density at radius 3 is 2.02 bits per heavy atom. The molecule has 6 aromatic carbocycles. The predicted octanol–water partition coefficient (Wildman–Crippen LogP) is 12.0. The van der Waals surface area contributed by atoms with E-state index in [1.807, 2.05) is 48.7 Å². The number of hydrogen-bond donors (Lipinski definition) is 0. The van der Waals surface area contributed by atoms with Crippen LogP contribution in [0.5, 0.6) is 0 Å². The molecule has 0 fully saturated rings. The Morgan fingerprint density at radius 1 is 0.586 bits per heavy atom. The van der Waals surface area contributed by atoms with Crippen LogP contribution in [0.25, 0.3) is 61.8 Å². The molecule has 3 aromatic heterocycles. The van der Waals surface area contributed by atoms with Gasteiger partial charge in [-0.15, -0.1) is 60.3 Å². The van der Waals surface area contributed by atoms with E-state index < -0.39 is 0 Å². The average molecular weight is 932 g/mol. The third kappa shape index (κ3) is 6.65. The van der Waals surface area contributed by atoms with Gasteiger partial charge in [0.1, 0.15) is 11.6 Å². The molecule has 58 heavy (non-hydrogen) atoms. The molecule has 8 heteroatoms. The zero-order chi connectivity index (χ0) is 38.7. The van der Waals surface area contributed by atoms with Crippen LogP contribution in [-0.4, -0.2) is 24.5 Å². The quantitative estimate of drug-likeness (QED) is 0.155. The molecule has 9 aromatic rings. The maximum absolute atomic E-state index is 5.14. The van der Waals surface area contributed by atoms with Gasteiger partial charge in [0.15, 0.2) is 0 Å². The van der Waals surface area contributed by atoms with Gasteiger partial charge in [-0.25, -0.2) is 4.98 Å². The van der Waals surface area contributed by atoms with Crippen LogP contribution in [0.1, 0.15) is 31.9 Å². The second kappa shape index (κ2) is 14.8. The fourth-order valence-electron chi connectivity index (χ4n) is 7.54. The number of hydrogen-bond acceptors (Lipinski definition) is 6. The van der Waals surface area contributed by atoms with E-state index in [4.69, 9.17) is 19.9 Å². The minimum atomic E-state index is -0.0363. The monoisotopic (exact) mass is 931 g/mol. The first-order valence-electron chi connectivity index (χ1n) is 19.1. The van der Waals surface area contributed by atoms with Gasteiger partial charge in [-0.2, -0.15) is 0 Å². The molecular formula is C50H38N7Pt-3. The summed E-state index contributed by atoms with van der Waals surface area (Å²) >= 11 is 0. The summed E-state index contributed by atoms with van der Waals surface area (Å²) in [5.41, 5.74) is 10.9. The molecule has 4 heterocycles. The molecule has 0 bridgehead atoms. The van der Waals surface area contributed by atoms with Gasteiger partial charge < -0.3 is 19.4 Å². The van der Waals surface area contributed by atoms with E-state index in [1.165, 1.54) is 11.1 Å². The maximum atomic E-state index is 5.14. The third-order valence-electron chi connectivity index (χ3n) is 10.6. The van der Waals surface area contributed by atoms with Crippen molar-refractivity contribution in [1.82, 2.24) is 24.5 Å². The number of nitrogens with zero attached hydrogens (tertiary/aromatic N) is 7. The van der Waals surface area contributed by atoms with Crippen LogP contribution in [0.3, 0.4) is 0 Å². The van der Waals surface area contributed by atoms with Crippen molar-refractivity contribution in [3.05, 3.63) is 182 Å². The molecule has 0 radical (unpaired) electrons. The molecule has 0 saturated heterocycles. The summed E-state index contributed by atoms with van der Waals surface area (Å²) in [6, 6.07) is 57.5. The summed E-state index contributed by atoms with van der Waals surface area (Å²) in [5, 5.41) is 2.21. The van der Waals surface area contributed by atoms with Crippen LogP contribution in [0, 0.1) is 25.7 Å². The number of fused-ring (bicyclic) bond motifs is 4. The summed E-state index contributed by atoms with van der Waals surface area (Å²) in [5.74, 6) is 2.47. The van der Waals surface area contributed by atoms with Crippen LogP contribution in [-0.2, 0) is 26.5 Å². The van der Waals surface area contributed by atoms with Crippen LogP contribution in [0.2, 0.25) is 0 Å². The number of para-hydroxylation sites is 3. The normalized spacial score (nSPS) is 12.6. The minimum absolute atomic E-state index is 0. The van der Waals surface area contributed by atoms with Crippen molar-refractivity contribution in [2.75, 3.05) is 9.80 Å². The van der Waals surface area contributed by atoms with Gasteiger partial charge in [-0.3, -0.25) is 9.97 Å². The minimum Gasteiger partial charge on any atom is -0.488 e. The van der Waals surface area contributed by atoms with E-state index in [-0.39, 0.29) is 26.5 Å².